The number of carbonyl (C=O) groups is 1. The first kappa shape index (κ1) is 24.3. The molecule has 1 saturated heterocycles. The molecule has 2 aromatic carbocycles. The van der Waals surface area contributed by atoms with Gasteiger partial charge in [-0.1, -0.05) is 35.3 Å². The molecule has 0 atom stereocenters. The molecule has 1 aliphatic rings. The van der Waals surface area contributed by atoms with Gasteiger partial charge in [0, 0.05) is 49.4 Å². The van der Waals surface area contributed by atoms with E-state index in [-0.39, 0.29) is 12.5 Å². The Labute approximate surface area is 208 Å². The van der Waals surface area contributed by atoms with Crippen LogP contribution in [0.15, 0.2) is 42.5 Å². The summed E-state index contributed by atoms with van der Waals surface area (Å²) in [5.74, 6) is 1.70. The van der Waals surface area contributed by atoms with Crippen LogP contribution in [0.2, 0.25) is 10.2 Å². The number of hydrogen-bond donors (Lipinski definition) is 2. The Morgan fingerprint density at radius 1 is 1.12 bits per heavy atom. The molecule has 1 fully saturated rings. The van der Waals surface area contributed by atoms with Crippen LogP contribution in [0.4, 0.5) is 11.5 Å². The van der Waals surface area contributed by atoms with Crippen molar-refractivity contribution in [1.29, 1.82) is 0 Å². The Hall–Kier alpha value is -2.87. The molecule has 0 aliphatic carbocycles. The van der Waals surface area contributed by atoms with E-state index >= 15 is 0 Å². The number of aliphatic hydroxyl groups is 1. The highest BCUT2D eigenvalue weighted by Crippen LogP contribution is 2.29. The van der Waals surface area contributed by atoms with Crippen molar-refractivity contribution in [3.8, 4) is 5.75 Å². The maximum absolute atomic E-state index is 12.6. The third kappa shape index (κ3) is 5.60. The van der Waals surface area contributed by atoms with Gasteiger partial charge >= 0.3 is 0 Å². The summed E-state index contributed by atoms with van der Waals surface area (Å²) in [5, 5.41) is 13.1. The van der Waals surface area contributed by atoms with Crippen LogP contribution in [0.5, 0.6) is 5.75 Å². The second-order valence-electron chi connectivity index (χ2n) is 8.08. The van der Waals surface area contributed by atoms with Crippen LogP contribution in [0.25, 0.3) is 0 Å². The number of nitrogens with zero attached hydrogens (tertiary/aromatic N) is 3. The summed E-state index contributed by atoms with van der Waals surface area (Å²) in [6.45, 7) is 1.86. The lowest BCUT2D eigenvalue weighted by Crippen LogP contribution is -2.22. The summed E-state index contributed by atoms with van der Waals surface area (Å²) in [4.78, 5) is 24.0. The lowest BCUT2D eigenvalue weighted by atomic mass is 10.1. The summed E-state index contributed by atoms with van der Waals surface area (Å²) in [5.41, 5.74) is 2.89. The third-order valence-corrected chi connectivity index (χ3v) is 6.34. The Morgan fingerprint density at radius 2 is 1.85 bits per heavy atom. The number of hydrogen-bond acceptors (Lipinski definition) is 6. The highest BCUT2D eigenvalue weighted by Gasteiger charge is 2.21. The fourth-order valence-electron chi connectivity index (χ4n) is 3.98. The van der Waals surface area contributed by atoms with Crippen LogP contribution < -0.4 is 15.0 Å². The van der Waals surface area contributed by atoms with Gasteiger partial charge in [-0.25, -0.2) is 9.97 Å². The molecule has 0 saturated carbocycles. The number of halogens is 2. The molecular weight excluding hydrogens is 475 g/mol. The van der Waals surface area contributed by atoms with Gasteiger partial charge in [-0.3, -0.25) is 4.79 Å². The van der Waals surface area contributed by atoms with Gasteiger partial charge in [-0.05, 0) is 48.7 Å². The molecule has 1 amide bonds. The van der Waals surface area contributed by atoms with Crippen LogP contribution in [0, 0.1) is 0 Å². The van der Waals surface area contributed by atoms with Crippen molar-refractivity contribution in [2.45, 2.75) is 25.7 Å². The van der Waals surface area contributed by atoms with Crippen LogP contribution in [0.1, 0.15) is 40.2 Å². The zero-order chi connectivity index (χ0) is 24.1. The normalized spacial score (nSPS) is 13.2. The summed E-state index contributed by atoms with van der Waals surface area (Å²) in [7, 11) is 1.53. The molecule has 0 spiro atoms. The number of carbonyl (C=O) groups excluding carboxylic acids is 1. The zero-order valence-electron chi connectivity index (χ0n) is 18.9. The molecule has 0 bridgehead atoms. The summed E-state index contributed by atoms with van der Waals surface area (Å²) < 4.78 is 5.13. The van der Waals surface area contributed by atoms with Gasteiger partial charge in [0.2, 0.25) is 0 Å². The van der Waals surface area contributed by atoms with E-state index in [0.29, 0.717) is 45.8 Å². The van der Waals surface area contributed by atoms with Gasteiger partial charge < -0.3 is 20.1 Å². The predicted octanol–water partition coefficient (Wildman–Crippen LogP) is 4.77. The van der Waals surface area contributed by atoms with Crippen LogP contribution in [0.3, 0.4) is 0 Å². The minimum absolute atomic E-state index is 0.000814. The molecule has 2 N–H and O–H groups in total. The van der Waals surface area contributed by atoms with E-state index in [9.17, 15) is 9.90 Å². The monoisotopic (exact) mass is 500 g/mol. The Kier molecular flexibility index (Phi) is 7.88. The van der Waals surface area contributed by atoms with Crippen LogP contribution in [-0.2, 0) is 12.8 Å². The molecule has 0 radical (unpaired) electrons. The number of methoxy groups -OCH3 is 1. The van der Waals surface area contributed by atoms with Crippen LogP contribution in [-0.4, -0.2) is 47.8 Å². The van der Waals surface area contributed by atoms with E-state index < -0.39 is 0 Å². The fraction of sp³-hybridized carbons (Fsp3) is 0.320. The minimum Gasteiger partial charge on any atom is -0.495 e. The van der Waals surface area contributed by atoms with E-state index in [1.807, 2.05) is 24.3 Å². The van der Waals surface area contributed by atoms with E-state index in [1.165, 1.54) is 7.11 Å². The number of rotatable bonds is 8. The highest BCUT2D eigenvalue weighted by molar-refractivity contribution is 6.32. The van der Waals surface area contributed by atoms with Crippen molar-refractivity contribution < 1.29 is 14.6 Å². The molecule has 9 heteroatoms. The SMILES string of the molecule is COc1ccc(C(=O)Nc2ccc(Cc3nc(Cl)c(CCO)c(N4CCCC4)n3)cc2)cc1Cl. The topological polar surface area (TPSA) is 87.6 Å². The first-order valence-corrected chi connectivity index (χ1v) is 11.9. The Balaban J connectivity index is 1.47. The standard InChI is InChI=1S/C25H26Cl2N4O3/c1-34-21-9-6-17(15-20(21)26)25(33)28-18-7-4-16(5-8-18)14-22-29-23(27)19(10-13-32)24(30-22)31-11-2-3-12-31/h4-9,15,32H,2-3,10-14H2,1H3,(H,28,33). The summed E-state index contributed by atoms with van der Waals surface area (Å²) >= 11 is 12.6. The largest absolute Gasteiger partial charge is 0.495 e. The first-order valence-electron chi connectivity index (χ1n) is 11.1. The first-order chi connectivity index (χ1) is 16.5. The second kappa shape index (κ2) is 11.0. The molecule has 178 valence electrons. The van der Waals surface area contributed by atoms with Gasteiger partial charge in [-0.15, -0.1) is 0 Å². The van der Waals surface area contributed by atoms with Crippen molar-refractivity contribution in [2.24, 2.45) is 0 Å². The fourth-order valence-corrected chi connectivity index (χ4v) is 4.52. The number of aliphatic hydroxyl groups excluding tert-OH is 1. The maximum Gasteiger partial charge on any atom is 0.255 e. The van der Waals surface area contributed by atoms with Crippen molar-refractivity contribution in [2.75, 3.05) is 37.0 Å². The van der Waals surface area contributed by atoms with E-state index in [0.717, 1.165) is 42.9 Å². The van der Waals surface area contributed by atoms with Crippen LogP contribution >= 0.6 is 23.2 Å². The molecule has 34 heavy (non-hydrogen) atoms. The minimum atomic E-state index is -0.262. The Bertz CT molecular complexity index is 1170. The number of amides is 1. The van der Waals surface area contributed by atoms with Crippen molar-refractivity contribution in [1.82, 2.24) is 9.97 Å². The van der Waals surface area contributed by atoms with Crippen molar-refractivity contribution in [3.63, 3.8) is 0 Å². The van der Waals surface area contributed by atoms with Gasteiger partial charge in [0.25, 0.3) is 5.91 Å². The molecule has 7 nitrogen and oxygen atoms in total. The smallest absolute Gasteiger partial charge is 0.255 e. The molecular formula is C25H26Cl2N4O3. The predicted molar refractivity (Wildman–Crippen MR) is 134 cm³/mol. The lowest BCUT2D eigenvalue weighted by Gasteiger charge is -2.21. The van der Waals surface area contributed by atoms with E-state index in [2.05, 4.69) is 15.2 Å². The number of anilines is 2. The van der Waals surface area contributed by atoms with E-state index in [4.69, 9.17) is 32.9 Å². The number of nitrogens with one attached hydrogen (secondary N) is 1. The molecule has 4 rings (SSSR count). The number of ether oxygens (including phenoxy) is 1. The third-order valence-electron chi connectivity index (χ3n) is 5.74. The number of aromatic nitrogens is 2. The molecule has 1 aliphatic heterocycles. The molecule has 0 unspecified atom stereocenters. The average Bonchev–Trinajstić information content (AvgIpc) is 3.37. The van der Waals surface area contributed by atoms with Gasteiger partial charge in [-0.2, -0.15) is 0 Å². The van der Waals surface area contributed by atoms with Gasteiger partial charge in [0.05, 0.1) is 12.1 Å². The van der Waals surface area contributed by atoms with E-state index in [1.54, 1.807) is 18.2 Å². The highest BCUT2D eigenvalue weighted by atomic mass is 35.5. The number of benzene rings is 2. The van der Waals surface area contributed by atoms with Gasteiger partial charge in [0.15, 0.2) is 0 Å². The lowest BCUT2D eigenvalue weighted by molar-refractivity contribution is 0.102. The second-order valence-corrected chi connectivity index (χ2v) is 8.84. The maximum atomic E-state index is 12.6. The summed E-state index contributed by atoms with van der Waals surface area (Å²) in [6, 6.07) is 12.4. The molecule has 2 heterocycles. The van der Waals surface area contributed by atoms with Crippen molar-refractivity contribution in [3.05, 3.63) is 75.2 Å². The molecule has 1 aromatic heterocycles. The Morgan fingerprint density at radius 3 is 2.50 bits per heavy atom. The summed E-state index contributed by atoms with van der Waals surface area (Å²) in [6.07, 6.45) is 3.16. The van der Waals surface area contributed by atoms with Gasteiger partial charge in [0.1, 0.15) is 22.5 Å². The quantitative estimate of drug-likeness (QED) is 0.433. The molecule has 3 aromatic rings. The zero-order valence-corrected chi connectivity index (χ0v) is 20.4. The van der Waals surface area contributed by atoms with Crippen molar-refractivity contribution >= 4 is 40.6 Å². The average molecular weight is 501 g/mol.